The molecular formula is C24H37N3O2. The van der Waals surface area contributed by atoms with E-state index < -0.39 is 5.54 Å². The molecular weight excluding hydrogens is 362 g/mol. The highest BCUT2D eigenvalue weighted by Crippen LogP contribution is 2.39. The van der Waals surface area contributed by atoms with E-state index in [9.17, 15) is 9.59 Å². The van der Waals surface area contributed by atoms with E-state index in [2.05, 4.69) is 48.2 Å². The summed E-state index contributed by atoms with van der Waals surface area (Å²) in [5.41, 5.74) is 0.356. The van der Waals surface area contributed by atoms with Crippen molar-refractivity contribution in [2.45, 2.75) is 58.0 Å². The Balaban J connectivity index is 2.22. The first-order valence-corrected chi connectivity index (χ1v) is 10.8. The molecule has 0 unspecified atom stereocenters. The highest BCUT2D eigenvalue weighted by Gasteiger charge is 2.49. The van der Waals surface area contributed by atoms with Crippen molar-refractivity contribution in [1.82, 2.24) is 15.5 Å². The Morgan fingerprint density at radius 1 is 1.28 bits per heavy atom. The molecule has 0 saturated heterocycles. The van der Waals surface area contributed by atoms with Gasteiger partial charge in [0.25, 0.3) is 0 Å². The molecule has 160 valence electrons. The SMILES string of the molecule is C=C[C@@H]1CC[C@@H](CN(C)Cc2ccccc2)[C@@](NC(C)=O)(C(=O)NCCCC)C1. The van der Waals surface area contributed by atoms with Crippen LogP contribution in [0.2, 0.25) is 0 Å². The van der Waals surface area contributed by atoms with Crippen LogP contribution >= 0.6 is 0 Å². The second kappa shape index (κ2) is 11.1. The number of nitrogens with zero attached hydrogens (tertiary/aromatic N) is 1. The molecule has 0 aliphatic heterocycles. The molecule has 29 heavy (non-hydrogen) atoms. The van der Waals surface area contributed by atoms with Gasteiger partial charge in [-0.3, -0.25) is 9.59 Å². The fourth-order valence-corrected chi connectivity index (χ4v) is 4.47. The summed E-state index contributed by atoms with van der Waals surface area (Å²) in [6.45, 7) is 9.76. The van der Waals surface area contributed by atoms with Crippen LogP contribution in [-0.4, -0.2) is 42.4 Å². The zero-order valence-corrected chi connectivity index (χ0v) is 18.2. The monoisotopic (exact) mass is 399 g/mol. The first-order chi connectivity index (χ1) is 13.9. The topological polar surface area (TPSA) is 61.4 Å². The summed E-state index contributed by atoms with van der Waals surface area (Å²) < 4.78 is 0. The van der Waals surface area contributed by atoms with Gasteiger partial charge >= 0.3 is 0 Å². The number of amides is 2. The molecule has 2 rings (SSSR count). The fourth-order valence-electron chi connectivity index (χ4n) is 4.47. The van der Waals surface area contributed by atoms with Crippen molar-refractivity contribution in [2.24, 2.45) is 11.8 Å². The van der Waals surface area contributed by atoms with Crippen LogP contribution in [0.3, 0.4) is 0 Å². The van der Waals surface area contributed by atoms with Crippen molar-refractivity contribution in [1.29, 1.82) is 0 Å². The molecule has 1 fully saturated rings. The maximum atomic E-state index is 13.4. The van der Waals surface area contributed by atoms with Gasteiger partial charge in [0.15, 0.2) is 0 Å². The second-order valence-electron chi connectivity index (χ2n) is 8.42. The average Bonchev–Trinajstić information content (AvgIpc) is 2.69. The third-order valence-electron chi connectivity index (χ3n) is 5.95. The van der Waals surface area contributed by atoms with Crippen molar-refractivity contribution >= 4 is 11.8 Å². The van der Waals surface area contributed by atoms with Gasteiger partial charge in [0.1, 0.15) is 5.54 Å². The number of hydrogen-bond acceptors (Lipinski definition) is 3. The van der Waals surface area contributed by atoms with Gasteiger partial charge in [0, 0.05) is 32.5 Å². The number of nitrogens with one attached hydrogen (secondary N) is 2. The van der Waals surface area contributed by atoms with Gasteiger partial charge in [-0.2, -0.15) is 0 Å². The minimum atomic E-state index is -0.887. The summed E-state index contributed by atoms with van der Waals surface area (Å²) in [6.07, 6.45) is 6.38. The molecule has 0 spiro atoms. The predicted octanol–water partition coefficient (Wildman–Crippen LogP) is 3.51. The second-order valence-corrected chi connectivity index (χ2v) is 8.42. The zero-order valence-electron chi connectivity index (χ0n) is 18.2. The molecule has 5 heteroatoms. The predicted molar refractivity (Wildman–Crippen MR) is 118 cm³/mol. The molecule has 0 heterocycles. The highest BCUT2D eigenvalue weighted by atomic mass is 16.2. The van der Waals surface area contributed by atoms with Gasteiger partial charge in [-0.15, -0.1) is 6.58 Å². The Bertz CT molecular complexity index is 676. The minimum Gasteiger partial charge on any atom is -0.354 e. The number of carbonyl (C=O) groups is 2. The molecule has 0 aromatic heterocycles. The smallest absolute Gasteiger partial charge is 0.246 e. The van der Waals surface area contributed by atoms with Crippen LogP contribution in [0, 0.1) is 11.8 Å². The molecule has 5 nitrogen and oxygen atoms in total. The van der Waals surface area contributed by atoms with Gasteiger partial charge in [0.2, 0.25) is 11.8 Å². The van der Waals surface area contributed by atoms with Gasteiger partial charge in [-0.05, 0) is 44.2 Å². The molecule has 2 amide bonds. The van der Waals surface area contributed by atoms with E-state index >= 15 is 0 Å². The summed E-state index contributed by atoms with van der Waals surface area (Å²) in [7, 11) is 2.08. The van der Waals surface area contributed by atoms with E-state index in [4.69, 9.17) is 0 Å². The Kier molecular flexibility index (Phi) is 8.90. The lowest BCUT2D eigenvalue weighted by atomic mass is 9.67. The number of hydrogen-bond donors (Lipinski definition) is 2. The van der Waals surface area contributed by atoms with E-state index in [0.717, 1.165) is 38.8 Å². The summed E-state index contributed by atoms with van der Waals surface area (Å²) in [5, 5.41) is 6.17. The molecule has 3 atom stereocenters. The molecule has 1 aromatic rings. The maximum absolute atomic E-state index is 13.4. The standard InChI is InChI=1S/C24H37N3O2/c1-5-7-15-25-23(29)24(26-19(3)28)16-20(6-2)13-14-22(24)18-27(4)17-21-11-9-8-10-12-21/h6,8-12,20,22H,2,5,7,13-18H2,1,3-4H3,(H,25,29)(H,26,28)/t20-,22+,24-/m1/s1. The van der Waals surface area contributed by atoms with Gasteiger partial charge in [-0.25, -0.2) is 0 Å². The van der Waals surface area contributed by atoms with E-state index in [1.165, 1.54) is 12.5 Å². The summed E-state index contributed by atoms with van der Waals surface area (Å²) in [5.74, 6) is 0.0780. The van der Waals surface area contributed by atoms with Crippen LogP contribution in [-0.2, 0) is 16.1 Å². The lowest BCUT2D eigenvalue weighted by Crippen LogP contribution is -2.66. The molecule has 2 N–H and O–H groups in total. The Labute approximate surface area is 175 Å². The van der Waals surface area contributed by atoms with E-state index in [1.807, 2.05) is 24.3 Å². The van der Waals surface area contributed by atoms with Crippen LogP contribution in [0.15, 0.2) is 43.0 Å². The van der Waals surface area contributed by atoms with Crippen LogP contribution in [0.5, 0.6) is 0 Å². The molecule has 1 saturated carbocycles. The summed E-state index contributed by atoms with van der Waals surface area (Å²) in [4.78, 5) is 27.8. The summed E-state index contributed by atoms with van der Waals surface area (Å²) >= 11 is 0. The van der Waals surface area contributed by atoms with Crippen molar-refractivity contribution in [3.8, 4) is 0 Å². The Hall–Kier alpha value is -2.14. The van der Waals surface area contributed by atoms with E-state index in [-0.39, 0.29) is 23.7 Å². The van der Waals surface area contributed by atoms with Crippen molar-refractivity contribution in [2.75, 3.05) is 20.1 Å². The van der Waals surface area contributed by atoms with Crippen molar-refractivity contribution in [3.05, 3.63) is 48.6 Å². The lowest BCUT2D eigenvalue weighted by Gasteiger charge is -2.46. The molecule has 1 aliphatic rings. The number of rotatable bonds is 10. The zero-order chi connectivity index (χ0) is 21.3. The Morgan fingerprint density at radius 3 is 2.62 bits per heavy atom. The molecule has 0 bridgehead atoms. The Morgan fingerprint density at radius 2 is 2.00 bits per heavy atom. The third kappa shape index (κ3) is 6.43. The lowest BCUT2D eigenvalue weighted by molar-refractivity contribution is -0.138. The quantitative estimate of drug-likeness (QED) is 0.467. The number of allylic oxidation sites excluding steroid dienone is 1. The largest absolute Gasteiger partial charge is 0.354 e. The first kappa shape index (κ1) is 23.1. The number of carbonyl (C=O) groups excluding carboxylic acids is 2. The maximum Gasteiger partial charge on any atom is 0.246 e. The highest BCUT2D eigenvalue weighted by molar-refractivity contribution is 5.91. The van der Waals surface area contributed by atoms with Crippen LogP contribution < -0.4 is 10.6 Å². The minimum absolute atomic E-state index is 0.0502. The van der Waals surface area contributed by atoms with Gasteiger partial charge in [-0.1, -0.05) is 49.8 Å². The van der Waals surface area contributed by atoms with Crippen LogP contribution in [0.1, 0.15) is 51.5 Å². The number of benzene rings is 1. The van der Waals surface area contributed by atoms with Crippen molar-refractivity contribution in [3.63, 3.8) is 0 Å². The van der Waals surface area contributed by atoms with Crippen LogP contribution in [0.25, 0.3) is 0 Å². The fraction of sp³-hybridized carbons (Fsp3) is 0.583. The molecule has 0 radical (unpaired) electrons. The molecule has 1 aromatic carbocycles. The third-order valence-corrected chi connectivity index (χ3v) is 5.95. The van der Waals surface area contributed by atoms with Gasteiger partial charge in [0.05, 0.1) is 0 Å². The molecule has 1 aliphatic carbocycles. The first-order valence-electron chi connectivity index (χ1n) is 10.8. The van der Waals surface area contributed by atoms with Crippen molar-refractivity contribution < 1.29 is 9.59 Å². The average molecular weight is 400 g/mol. The van der Waals surface area contributed by atoms with E-state index in [0.29, 0.717) is 13.0 Å². The van der Waals surface area contributed by atoms with Gasteiger partial charge < -0.3 is 15.5 Å². The number of unbranched alkanes of at least 4 members (excludes halogenated alkanes) is 1. The normalized spacial score (nSPS) is 24.1. The van der Waals surface area contributed by atoms with Crippen LogP contribution in [0.4, 0.5) is 0 Å². The summed E-state index contributed by atoms with van der Waals surface area (Å²) in [6, 6.07) is 10.3. The van der Waals surface area contributed by atoms with E-state index in [1.54, 1.807) is 0 Å².